The zero-order chi connectivity index (χ0) is 31.0. The Hall–Kier alpha value is -5.24. The molecule has 8 heteroatoms. The van der Waals surface area contributed by atoms with E-state index in [0.717, 1.165) is 25.7 Å². The molecular weight excluding hydrogens is 560 g/mol. The minimum absolute atomic E-state index is 0.352. The highest BCUT2D eigenvalue weighted by Gasteiger charge is 2.15. The summed E-state index contributed by atoms with van der Waals surface area (Å²) in [7, 11) is 0. The van der Waals surface area contributed by atoms with Gasteiger partial charge in [0.15, 0.2) is 0 Å². The van der Waals surface area contributed by atoms with Crippen molar-refractivity contribution in [2.45, 2.75) is 25.7 Å². The Morgan fingerprint density at radius 3 is 1.30 bits per heavy atom. The number of benzene rings is 4. The lowest BCUT2D eigenvalue weighted by Crippen LogP contribution is -2.10. The predicted octanol–water partition coefficient (Wildman–Crippen LogP) is 7.92. The average Bonchev–Trinajstić information content (AvgIpc) is 3.05. The lowest BCUT2D eigenvalue weighted by Gasteiger charge is -2.12. The third-order valence-electron chi connectivity index (χ3n) is 6.51. The van der Waals surface area contributed by atoms with Crippen molar-refractivity contribution in [1.82, 2.24) is 0 Å². The fourth-order valence-electron chi connectivity index (χ4n) is 4.24. The number of ether oxygens (including phenoxy) is 6. The van der Waals surface area contributed by atoms with Gasteiger partial charge in [-0.05, 0) is 86.3 Å². The van der Waals surface area contributed by atoms with Crippen molar-refractivity contribution in [2.24, 2.45) is 0 Å². The molecule has 0 saturated heterocycles. The smallest absolute Gasteiger partial charge is 0.343 e. The summed E-state index contributed by atoms with van der Waals surface area (Å²) in [5.74, 6) is 1.00. The first-order valence-corrected chi connectivity index (χ1v) is 14.5. The number of hydrogen-bond acceptors (Lipinski definition) is 8. The minimum atomic E-state index is -0.513. The van der Waals surface area contributed by atoms with Crippen LogP contribution in [0.15, 0.2) is 111 Å². The average molecular weight is 597 g/mol. The van der Waals surface area contributed by atoms with E-state index in [1.54, 1.807) is 72.8 Å². The first kappa shape index (κ1) is 31.7. The van der Waals surface area contributed by atoms with Gasteiger partial charge in [-0.2, -0.15) is 0 Å². The zero-order valence-corrected chi connectivity index (χ0v) is 24.6. The Balaban J connectivity index is 1.34. The number of rotatable bonds is 18. The second-order valence-electron chi connectivity index (χ2n) is 9.62. The summed E-state index contributed by atoms with van der Waals surface area (Å²) in [6.45, 7) is 9.32. The van der Waals surface area contributed by atoms with E-state index in [-0.39, 0.29) is 0 Å². The minimum Gasteiger partial charge on any atom is -0.502 e. The van der Waals surface area contributed by atoms with Crippen LogP contribution in [0.5, 0.6) is 23.0 Å². The summed E-state index contributed by atoms with van der Waals surface area (Å²) in [5, 5.41) is 1.27. The number of fused-ring (bicyclic) bond motifs is 1. The van der Waals surface area contributed by atoms with Crippen LogP contribution in [0.3, 0.4) is 0 Å². The molecule has 0 atom stereocenters. The monoisotopic (exact) mass is 596 g/mol. The first-order chi connectivity index (χ1) is 21.6. The molecule has 8 nitrogen and oxygen atoms in total. The third kappa shape index (κ3) is 9.39. The standard InChI is InChI=1S/C36H36O8/c1-3-39-23-5-7-25-41-29-19-15-27(16-20-29)35(37)43-33-13-9-12-32-31(33)11-10-14-34(32)44-36(38)28-17-21-30(22-18-28)42-26-8-6-24-40-4-2/h3-4,9-22H,1-2,5-8,23-26H2. The van der Waals surface area contributed by atoms with Crippen molar-refractivity contribution in [3.05, 3.63) is 122 Å². The van der Waals surface area contributed by atoms with Crippen LogP contribution in [0.1, 0.15) is 46.4 Å². The predicted molar refractivity (Wildman–Crippen MR) is 169 cm³/mol. The van der Waals surface area contributed by atoms with Crippen LogP contribution in [0.25, 0.3) is 10.8 Å². The highest BCUT2D eigenvalue weighted by molar-refractivity contribution is 5.99. The molecule has 0 fully saturated rings. The molecule has 0 N–H and O–H groups in total. The Morgan fingerprint density at radius 1 is 0.523 bits per heavy atom. The molecule has 0 radical (unpaired) electrons. The Labute approximate surface area is 257 Å². The van der Waals surface area contributed by atoms with Gasteiger partial charge in [-0.1, -0.05) is 37.4 Å². The topological polar surface area (TPSA) is 89.5 Å². The van der Waals surface area contributed by atoms with Crippen molar-refractivity contribution in [3.8, 4) is 23.0 Å². The Bertz CT molecular complexity index is 1410. The van der Waals surface area contributed by atoms with E-state index in [1.807, 2.05) is 12.1 Å². The fourth-order valence-corrected chi connectivity index (χ4v) is 4.24. The van der Waals surface area contributed by atoms with Crippen molar-refractivity contribution >= 4 is 22.7 Å². The maximum absolute atomic E-state index is 12.9. The second-order valence-corrected chi connectivity index (χ2v) is 9.62. The van der Waals surface area contributed by atoms with E-state index in [9.17, 15) is 9.59 Å². The SMILES string of the molecule is C=COCCCCOc1ccc(C(=O)Oc2cccc3c(OC(=O)c4ccc(OCCCCOC=C)cc4)cccc23)cc1. The molecule has 0 heterocycles. The maximum atomic E-state index is 12.9. The number of carbonyl (C=O) groups is 2. The molecule has 0 aliphatic rings. The van der Waals surface area contributed by atoms with Gasteiger partial charge >= 0.3 is 11.9 Å². The molecule has 0 saturated carbocycles. The van der Waals surface area contributed by atoms with E-state index in [0.29, 0.717) is 71.3 Å². The lowest BCUT2D eigenvalue weighted by molar-refractivity contribution is 0.0725. The fraction of sp³-hybridized carbons (Fsp3) is 0.222. The van der Waals surface area contributed by atoms with Gasteiger partial charge < -0.3 is 28.4 Å². The molecule has 44 heavy (non-hydrogen) atoms. The molecule has 4 rings (SSSR count). The van der Waals surface area contributed by atoms with Gasteiger partial charge in [0, 0.05) is 10.8 Å². The third-order valence-corrected chi connectivity index (χ3v) is 6.51. The summed E-state index contributed by atoms with van der Waals surface area (Å²) < 4.78 is 33.1. The highest BCUT2D eigenvalue weighted by Crippen LogP contribution is 2.33. The largest absolute Gasteiger partial charge is 0.502 e. The van der Waals surface area contributed by atoms with Crippen LogP contribution in [0.4, 0.5) is 0 Å². The maximum Gasteiger partial charge on any atom is 0.343 e. The molecule has 0 aromatic heterocycles. The van der Waals surface area contributed by atoms with Crippen LogP contribution >= 0.6 is 0 Å². The van der Waals surface area contributed by atoms with Crippen LogP contribution in [0.2, 0.25) is 0 Å². The van der Waals surface area contributed by atoms with E-state index >= 15 is 0 Å². The summed E-state index contributed by atoms with van der Waals surface area (Å²) in [4.78, 5) is 25.9. The van der Waals surface area contributed by atoms with Crippen molar-refractivity contribution in [3.63, 3.8) is 0 Å². The van der Waals surface area contributed by atoms with Gasteiger partial charge in [0.2, 0.25) is 0 Å². The molecule has 0 spiro atoms. The van der Waals surface area contributed by atoms with Crippen molar-refractivity contribution in [2.75, 3.05) is 26.4 Å². The van der Waals surface area contributed by atoms with E-state index < -0.39 is 11.9 Å². The molecule has 0 unspecified atom stereocenters. The van der Waals surface area contributed by atoms with Gasteiger partial charge in [-0.25, -0.2) is 9.59 Å². The summed E-state index contributed by atoms with van der Waals surface area (Å²) in [5.41, 5.74) is 0.760. The molecule has 0 aliphatic carbocycles. The quantitative estimate of drug-likeness (QED) is 0.0495. The van der Waals surface area contributed by atoms with Crippen LogP contribution in [-0.4, -0.2) is 38.4 Å². The van der Waals surface area contributed by atoms with Crippen LogP contribution in [-0.2, 0) is 9.47 Å². The summed E-state index contributed by atoms with van der Waals surface area (Å²) in [6.07, 6.45) is 6.25. The zero-order valence-electron chi connectivity index (χ0n) is 24.6. The summed E-state index contributed by atoms with van der Waals surface area (Å²) >= 11 is 0. The normalized spacial score (nSPS) is 10.5. The number of esters is 2. The molecule has 4 aromatic carbocycles. The van der Waals surface area contributed by atoms with Gasteiger partial charge in [-0.3, -0.25) is 0 Å². The number of hydrogen-bond donors (Lipinski definition) is 0. The van der Waals surface area contributed by atoms with E-state index in [4.69, 9.17) is 28.4 Å². The van der Waals surface area contributed by atoms with Gasteiger partial charge in [0.05, 0.1) is 50.1 Å². The van der Waals surface area contributed by atoms with Crippen LogP contribution < -0.4 is 18.9 Å². The molecular formula is C36H36O8. The van der Waals surface area contributed by atoms with E-state index in [2.05, 4.69) is 13.2 Å². The van der Waals surface area contributed by atoms with Crippen LogP contribution in [0, 0.1) is 0 Å². The first-order valence-electron chi connectivity index (χ1n) is 14.5. The van der Waals surface area contributed by atoms with Gasteiger partial charge in [0.1, 0.15) is 23.0 Å². The molecule has 0 bridgehead atoms. The number of unbranched alkanes of at least 4 members (excludes halogenated alkanes) is 2. The van der Waals surface area contributed by atoms with Gasteiger partial charge in [0.25, 0.3) is 0 Å². The molecule has 0 aliphatic heterocycles. The molecule has 4 aromatic rings. The van der Waals surface area contributed by atoms with Crippen molar-refractivity contribution < 1.29 is 38.0 Å². The Kier molecular flexibility index (Phi) is 12.3. The summed E-state index contributed by atoms with van der Waals surface area (Å²) in [6, 6.07) is 24.1. The highest BCUT2D eigenvalue weighted by atomic mass is 16.5. The molecule has 228 valence electrons. The second kappa shape index (κ2) is 17.0. The van der Waals surface area contributed by atoms with Crippen molar-refractivity contribution in [1.29, 1.82) is 0 Å². The lowest BCUT2D eigenvalue weighted by atomic mass is 10.1. The van der Waals surface area contributed by atoms with E-state index in [1.165, 1.54) is 12.5 Å². The Morgan fingerprint density at radius 2 is 0.909 bits per heavy atom. The molecule has 0 amide bonds. The van der Waals surface area contributed by atoms with Gasteiger partial charge in [-0.15, -0.1) is 0 Å². The number of carbonyl (C=O) groups excluding carboxylic acids is 2.